The molecule has 0 saturated heterocycles. The Morgan fingerprint density at radius 3 is 2.20 bits per heavy atom. The summed E-state index contributed by atoms with van der Waals surface area (Å²) in [4.78, 5) is 29.5. The third-order valence-corrected chi connectivity index (χ3v) is 9.84. The van der Waals surface area contributed by atoms with Crippen LogP contribution in [0.2, 0.25) is 0 Å². The van der Waals surface area contributed by atoms with Crippen LogP contribution in [0.4, 0.5) is 0 Å². The van der Waals surface area contributed by atoms with Gasteiger partial charge in [0.25, 0.3) is 5.91 Å². The summed E-state index contributed by atoms with van der Waals surface area (Å²) in [5.74, 6) is -0.385. The van der Waals surface area contributed by atoms with E-state index in [4.69, 9.17) is 0 Å². The topological polar surface area (TPSA) is 95.6 Å². The van der Waals surface area contributed by atoms with E-state index in [0.717, 1.165) is 56.4 Å². The van der Waals surface area contributed by atoms with E-state index < -0.39 is 16.1 Å². The van der Waals surface area contributed by atoms with E-state index >= 15 is 0 Å². The molecule has 3 aromatic rings. The number of hydrogen-bond acceptors (Lipinski definition) is 5. The number of amides is 1. The van der Waals surface area contributed by atoms with Crippen molar-refractivity contribution in [1.82, 2.24) is 14.9 Å². The third kappa shape index (κ3) is 9.71. The summed E-state index contributed by atoms with van der Waals surface area (Å²) in [6, 6.07) is 22.9. The van der Waals surface area contributed by atoms with Crippen LogP contribution in [-0.2, 0) is 21.4 Å². The molecule has 1 saturated carbocycles. The van der Waals surface area contributed by atoms with Crippen molar-refractivity contribution in [2.75, 3.05) is 19.6 Å². The normalized spacial score (nSPS) is 15.0. The van der Waals surface area contributed by atoms with E-state index in [1.807, 2.05) is 24.3 Å². The lowest BCUT2D eigenvalue weighted by Crippen LogP contribution is -2.46. The molecular formula is C36H45N3O4S. The highest BCUT2D eigenvalue weighted by Crippen LogP contribution is 2.28. The van der Waals surface area contributed by atoms with Crippen LogP contribution in [0.15, 0.2) is 83.8 Å². The largest absolute Gasteiger partial charge is 0.342 e. The molecule has 1 atom stereocenters. The first kappa shape index (κ1) is 33.3. The van der Waals surface area contributed by atoms with Crippen LogP contribution >= 0.6 is 0 Å². The number of ketones is 1. The zero-order valence-electron chi connectivity index (χ0n) is 25.9. The minimum atomic E-state index is -3.85. The van der Waals surface area contributed by atoms with Crippen molar-refractivity contribution in [3.05, 3.63) is 101 Å². The predicted molar refractivity (Wildman–Crippen MR) is 178 cm³/mol. The number of nitrogens with one attached hydrogen (secondary N) is 2. The zero-order valence-corrected chi connectivity index (χ0v) is 26.7. The SMILES string of the molecule is CCN(CC)Cc1ccc(/C=C/c2ccccc2C(=O)NC(CC2CCCCC2)C(=O)CNS(=O)(=O)c2ccccc2)cc1. The molecular weight excluding hydrogens is 570 g/mol. The van der Waals surface area contributed by atoms with Gasteiger partial charge in [-0.25, -0.2) is 13.1 Å². The lowest BCUT2D eigenvalue weighted by molar-refractivity contribution is -0.120. The second kappa shape index (κ2) is 16.5. The van der Waals surface area contributed by atoms with E-state index in [-0.39, 0.29) is 23.1 Å². The fraction of sp³-hybridized carbons (Fsp3) is 0.389. The van der Waals surface area contributed by atoms with Gasteiger partial charge in [-0.3, -0.25) is 14.5 Å². The number of carbonyl (C=O) groups is 2. The molecule has 1 aliphatic carbocycles. The Kier molecular flexibility index (Phi) is 12.5. The van der Waals surface area contributed by atoms with Crippen molar-refractivity contribution in [2.24, 2.45) is 5.92 Å². The number of benzene rings is 3. The fourth-order valence-corrected chi connectivity index (χ4v) is 6.72. The average molecular weight is 616 g/mol. The highest BCUT2D eigenvalue weighted by atomic mass is 32.2. The second-order valence-corrected chi connectivity index (χ2v) is 13.3. The maximum absolute atomic E-state index is 13.6. The van der Waals surface area contributed by atoms with Gasteiger partial charge < -0.3 is 5.32 Å². The molecule has 0 heterocycles. The standard InChI is InChI=1S/C36H45N3O4S/c1-3-39(4-2)27-30-21-19-28(20-22-30)23-24-31-15-11-12-18-33(31)36(41)38-34(25-29-13-7-5-8-14-29)35(40)26-37-44(42,43)32-16-9-6-10-17-32/h6,9-12,15-24,29,34,37H,3-5,7-8,13-14,25-27H2,1-2H3,(H,38,41)/b24-23+. The van der Waals surface area contributed by atoms with E-state index in [1.165, 1.54) is 24.1 Å². The van der Waals surface area contributed by atoms with Crippen molar-refractivity contribution in [3.63, 3.8) is 0 Å². The molecule has 0 bridgehead atoms. The summed E-state index contributed by atoms with van der Waals surface area (Å²) in [5.41, 5.74) is 3.49. The van der Waals surface area contributed by atoms with Gasteiger partial charge in [-0.15, -0.1) is 0 Å². The maximum atomic E-state index is 13.6. The van der Waals surface area contributed by atoms with Gasteiger partial charge in [0.15, 0.2) is 5.78 Å². The van der Waals surface area contributed by atoms with Crippen LogP contribution < -0.4 is 10.0 Å². The number of Topliss-reactive ketones (excluding diaryl/α,β-unsaturated/α-hetero) is 1. The Balaban J connectivity index is 1.47. The molecule has 44 heavy (non-hydrogen) atoms. The summed E-state index contributed by atoms with van der Waals surface area (Å²) in [6.07, 6.45) is 9.78. The Bertz CT molecular complexity index is 1490. The Morgan fingerprint density at radius 2 is 1.52 bits per heavy atom. The molecule has 1 aliphatic rings. The quantitative estimate of drug-likeness (QED) is 0.195. The first-order valence-electron chi connectivity index (χ1n) is 15.8. The molecule has 1 fully saturated rings. The molecule has 234 valence electrons. The van der Waals surface area contributed by atoms with Gasteiger partial charge >= 0.3 is 0 Å². The first-order valence-corrected chi connectivity index (χ1v) is 17.2. The van der Waals surface area contributed by atoms with Gasteiger partial charge in [-0.05, 0) is 60.3 Å². The molecule has 1 amide bonds. The van der Waals surface area contributed by atoms with Crippen molar-refractivity contribution in [2.45, 2.75) is 69.9 Å². The minimum absolute atomic E-state index is 0.0971. The summed E-state index contributed by atoms with van der Waals surface area (Å²) in [5, 5.41) is 2.97. The maximum Gasteiger partial charge on any atom is 0.252 e. The van der Waals surface area contributed by atoms with E-state index in [2.05, 4.69) is 53.1 Å². The zero-order chi connectivity index (χ0) is 31.4. The van der Waals surface area contributed by atoms with Crippen LogP contribution in [0.1, 0.15) is 79.4 Å². The molecule has 4 rings (SSSR count). The number of sulfonamides is 1. The Morgan fingerprint density at radius 1 is 0.864 bits per heavy atom. The van der Waals surface area contributed by atoms with Crippen LogP contribution in [0, 0.1) is 5.92 Å². The highest BCUT2D eigenvalue weighted by Gasteiger charge is 2.28. The smallest absolute Gasteiger partial charge is 0.252 e. The Hall–Kier alpha value is -3.59. The number of nitrogens with zero attached hydrogens (tertiary/aromatic N) is 1. The van der Waals surface area contributed by atoms with E-state index in [1.54, 1.807) is 30.3 Å². The highest BCUT2D eigenvalue weighted by molar-refractivity contribution is 7.89. The van der Waals surface area contributed by atoms with Gasteiger partial charge in [0, 0.05) is 12.1 Å². The molecule has 0 radical (unpaired) electrons. The van der Waals surface area contributed by atoms with Crippen molar-refractivity contribution in [1.29, 1.82) is 0 Å². The van der Waals surface area contributed by atoms with Crippen molar-refractivity contribution in [3.8, 4) is 0 Å². The van der Waals surface area contributed by atoms with Crippen LogP contribution in [0.25, 0.3) is 12.2 Å². The van der Waals surface area contributed by atoms with Crippen molar-refractivity contribution >= 4 is 33.9 Å². The van der Waals surface area contributed by atoms with Gasteiger partial charge in [-0.1, -0.05) is 119 Å². The molecule has 1 unspecified atom stereocenters. The summed E-state index contributed by atoms with van der Waals surface area (Å²) in [6.45, 7) is 6.86. The molecule has 7 nitrogen and oxygen atoms in total. The summed E-state index contributed by atoms with van der Waals surface area (Å²) < 4.78 is 28.0. The fourth-order valence-electron chi connectivity index (χ4n) is 5.71. The van der Waals surface area contributed by atoms with Crippen LogP contribution in [0.5, 0.6) is 0 Å². The minimum Gasteiger partial charge on any atom is -0.342 e. The molecule has 3 aromatic carbocycles. The average Bonchev–Trinajstić information content (AvgIpc) is 3.06. The summed E-state index contributed by atoms with van der Waals surface area (Å²) in [7, 11) is -3.85. The third-order valence-electron chi connectivity index (χ3n) is 8.42. The van der Waals surface area contributed by atoms with Gasteiger partial charge in [0.05, 0.1) is 17.5 Å². The van der Waals surface area contributed by atoms with Crippen LogP contribution in [0.3, 0.4) is 0 Å². The molecule has 8 heteroatoms. The monoisotopic (exact) mass is 615 g/mol. The van der Waals surface area contributed by atoms with Gasteiger partial charge in [0.1, 0.15) is 0 Å². The number of carbonyl (C=O) groups excluding carboxylic acids is 2. The molecule has 2 N–H and O–H groups in total. The molecule has 0 aromatic heterocycles. The van der Waals surface area contributed by atoms with E-state index in [0.29, 0.717) is 17.9 Å². The lowest BCUT2D eigenvalue weighted by atomic mass is 9.84. The molecule has 0 aliphatic heterocycles. The summed E-state index contributed by atoms with van der Waals surface area (Å²) >= 11 is 0. The number of hydrogen-bond donors (Lipinski definition) is 2. The van der Waals surface area contributed by atoms with Gasteiger partial charge in [-0.2, -0.15) is 0 Å². The lowest BCUT2D eigenvalue weighted by Gasteiger charge is -2.27. The Labute approximate surface area is 262 Å². The van der Waals surface area contributed by atoms with E-state index in [9.17, 15) is 18.0 Å². The number of rotatable bonds is 15. The molecule has 0 spiro atoms. The second-order valence-electron chi connectivity index (χ2n) is 11.5. The first-order chi connectivity index (χ1) is 21.3. The predicted octanol–water partition coefficient (Wildman–Crippen LogP) is 6.32. The van der Waals surface area contributed by atoms with Crippen molar-refractivity contribution < 1.29 is 18.0 Å². The van der Waals surface area contributed by atoms with Gasteiger partial charge in [0.2, 0.25) is 10.0 Å². The van der Waals surface area contributed by atoms with Crippen LogP contribution in [-0.4, -0.2) is 50.7 Å².